The van der Waals surface area contributed by atoms with Crippen LogP contribution < -0.4 is 4.90 Å². The monoisotopic (exact) mass is 950 g/mol. The number of fused-ring (bicyclic) bond motifs is 19. The number of nitrogens with zero attached hydrogens (tertiary/aromatic N) is 2. The summed E-state index contributed by atoms with van der Waals surface area (Å²) in [6.45, 7) is 0. The average molecular weight is 951 g/mol. The summed E-state index contributed by atoms with van der Waals surface area (Å²) in [5.41, 5.74) is 21.7. The average Bonchev–Trinajstić information content (AvgIpc) is 4.27. The lowest BCUT2D eigenvalue weighted by molar-refractivity contribution is 0.793. The summed E-state index contributed by atoms with van der Waals surface area (Å²) in [6, 6.07) is 104. The van der Waals surface area contributed by atoms with Crippen molar-refractivity contribution in [1.82, 2.24) is 4.57 Å². The van der Waals surface area contributed by atoms with Crippen LogP contribution in [-0.4, -0.2) is 4.57 Å². The first-order chi connectivity index (χ1) is 37.2. The smallest absolute Gasteiger partial charge is 0.0726 e. The molecule has 0 bridgehead atoms. The molecule has 2 heteroatoms. The van der Waals surface area contributed by atoms with Gasteiger partial charge < -0.3 is 9.47 Å². The molecule has 13 aromatic carbocycles. The first kappa shape index (κ1) is 41.8. The van der Waals surface area contributed by atoms with Crippen molar-refractivity contribution in [3.63, 3.8) is 0 Å². The lowest BCUT2D eigenvalue weighted by atomic mass is 9.70. The van der Waals surface area contributed by atoms with E-state index in [1.54, 1.807) is 0 Å². The van der Waals surface area contributed by atoms with E-state index >= 15 is 0 Å². The van der Waals surface area contributed by atoms with Crippen LogP contribution in [0.25, 0.3) is 104 Å². The van der Waals surface area contributed by atoms with E-state index in [0.29, 0.717) is 0 Å². The van der Waals surface area contributed by atoms with Crippen LogP contribution in [-0.2, 0) is 5.41 Å². The number of rotatable bonds is 6. The van der Waals surface area contributed by atoms with E-state index in [4.69, 9.17) is 0 Å². The van der Waals surface area contributed by atoms with E-state index in [9.17, 15) is 0 Å². The lowest BCUT2D eigenvalue weighted by Crippen LogP contribution is -2.26. The predicted molar refractivity (Wildman–Crippen MR) is 315 cm³/mol. The molecule has 0 fully saturated rings. The number of benzene rings is 13. The first-order valence-electron chi connectivity index (χ1n) is 26.1. The lowest BCUT2D eigenvalue weighted by Gasteiger charge is -2.32. The minimum Gasteiger partial charge on any atom is -0.310 e. The van der Waals surface area contributed by atoms with Gasteiger partial charge in [-0.1, -0.05) is 212 Å². The first-order valence-corrected chi connectivity index (χ1v) is 26.1. The van der Waals surface area contributed by atoms with Crippen LogP contribution in [0.3, 0.4) is 0 Å². The molecular formula is C73H46N2. The molecule has 75 heavy (non-hydrogen) atoms. The Kier molecular flexibility index (Phi) is 8.99. The molecule has 348 valence electrons. The summed E-state index contributed by atoms with van der Waals surface area (Å²) in [7, 11) is 0. The maximum atomic E-state index is 2.49. The minimum absolute atomic E-state index is 0.453. The summed E-state index contributed by atoms with van der Waals surface area (Å²) in [6.07, 6.45) is 0. The van der Waals surface area contributed by atoms with Crippen molar-refractivity contribution in [2.45, 2.75) is 5.41 Å². The summed E-state index contributed by atoms with van der Waals surface area (Å²) < 4.78 is 2.38. The molecular weight excluding hydrogens is 905 g/mol. The largest absolute Gasteiger partial charge is 0.310 e. The highest BCUT2D eigenvalue weighted by Crippen LogP contribution is 2.63. The van der Waals surface area contributed by atoms with Gasteiger partial charge in [-0.05, 0) is 166 Å². The molecule has 0 radical (unpaired) electrons. The van der Waals surface area contributed by atoms with E-state index < -0.39 is 5.41 Å². The highest BCUT2D eigenvalue weighted by atomic mass is 15.1. The number of aromatic nitrogens is 1. The molecule has 2 nitrogen and oxygen atoms in total. The maximum absolute atomic E-state index is 2.49. The zero-order valence-electron chi connectivity index (χ0n) is 41.0. The van der Waals surface area contributed by atoms with Crippen LogP contribution >= 0.6 is 0 Å². The number of hydrogen-bond donors (Lipinski definition) is 0. The van der Waals surface area contributed by atoms with Crippen molar-refractivity contribution in [2.75, 3.05) is 4.90 Å². The van der Waals surface area contributed by atoms with E-state index in [-0.39, 0.29) is 0 Å². The Hall–Kier alpha value is -9.76. The topological polar surface area (TPSA) is 8.17 Å². The zero-order chi connectivity index (χ0) is 49.2. The number of hydrogen-bond acceptors (Lipinski definition) is 1. The SMILES string of the molecule is c1ccc2c(c1)-c1ccccc1C21c2ccccc2-c2ccc(N(c3ccc(-c4ccc(-n5c6ccccc6c6ccccc65)cc4)cc3)c3ccc(-c4ccc5c6ccccc6c6ccccc6c5c4)cc3)cc21. The van der Waals surface area contributed by atoms with Crippen LogP contribution in [0.5, 0.6) is 0 Å². The van der Waals surface area contributed by atoms with Gasteiger partial charge in [0.1, 0.15) is 0 Å². The van der Waals surface area contributed by atoms with Crippen LogP contribution in [0, 0.1) is 0 Å². The molecule has 0 saturated carbocycles. The number of para-hydroxylation sites is 2. The molecule has 14 aromatic rings. The van der Waals surface area contributed by atoms with Crippen molar-refractivity contribution >= 4 is 71.2 Å². The Morgan fingerprint density at radius 3 is 1.11 bits per heavy atom. The van der Waals surface area contributed by atoms with E-state index in [1.165, 1.54) is 121 Å². The minimum atomic E-state index is -0.453. The van der Waals surface area contributed by atoms with E-state index in [2.05, 4.69) is 289 Å². The molecule has 1 aromatic heterocycles. The predicted octanol–water partition coefficient (Wildman–Crippen LogP) is 19.4. The highest BCUT2D eigenvalue weighted by Gasteiger charge is 2.51. The van der Waals surface area contributed by atoms with Gasteiger partial charge in [0.2, 0.25) is 0 Å². The summed E-state index contributed by atoms with van der Waals surface area (Å²) in [4.78, 5) is 2.45. The summed E-state index contributed by atoms with van der Waals surface area (Å²) in [5, 5.41) is 10.2. The fraction of sp³-hybridized carbons (Fsp3) is 0.0137. The molecule has 0 unspecified atom stereocenters. The van der Waals surface area contributed by atoms with Crippen LogP contribution in [0.4, 0.5) is 17.1 Å². The molecule has 2 aliphatic carbocycles. The molecule has 1 heterocycles. The van der Waals surface area contributed by atoms with Crippen molar-refractivity contribution in [3.8, 4) is 50.2 Å². The highest BCUT2D eigenvalue weighted by molar-refractivity contribution is 6.25. The molecule has 0 N–H and O–H groups in total. The Labute approximate surface area is 435 Å². The Morgan fingerprint density at radius 2 is 0.600 bits per heavy atom. The van der Waals surface area contributed by atoms with Gasteiger partial charge in [0.25, 0.3) is 0 Å². The van der Waals surface area contributed by atoms with Gasteiger partial charge >= 0.3 is 0 Å². The van der Waals surface area contributed by atoms with E-state index in [1.807, 2.05) is 0 Å². The second-order valence-electron chi connectivity index (χ2n) is 20.3. The van der Waals surface area contributed by atoms with Crippen LogP contribution in [0.2, 0.25) is 0 Å². The third-order valence-corrected chi connectivity index (χ3v) is 16.6. The van der Waals surface area contributed by atoms with Gasteiger partial charge in [-0.2, -0.15) is 0 Å². The van der Waals surface area contributed by atoms with Gasteiger partial charge in [-0.3, -0.25) is 0 Å². The Balaban J connectivity index is 0.832. The molecule has 2 aliphatic rings. The maximum Gasteiger partial charge on any atom is 0.0726 e. The number of anilines is 3. The van der Waals surface area contributed by atoms with Crippen molar-refractivity contribution < 1.29 is 0 Å². The van der Waals surface area contributed by atoms with Gasteiger partial charge in [-0.15, -0.1) is 0 Å². The van der Waals surface area contributed by atoms with Gasteiger partial charge in [0.15, 0.2) is 0 Å². The van der Waals surface area contributed by atoms with Crippen LogP contribution in [0.1, 0.15) is 22.3 Å². The fourth-order valence-electron chi connectivity index (χ4n) is 13.4. The Bertz CT molecular complexity index is 4480. The van der Waals surface area contributed by atoms with Crippen LogP contribution in [0.15, 0.2) is 279 Å². The molecule has 1 spiro atoms. The second kappa shape index (κ2) is 16.1. The standard InChI is InChI=1S/C73H46N2/c1-2-17-57-55(15-1)56-16-3-4-18-58(56)66-45-50(35-43-59(57)66)49-33-38-52(39-34-49)74(51-36-29-47(30-37-51)48-31-40-53(41-32-48)75-71-27-13-8-22-64(71)65-23-9-14-28-72(65)75)54-42-44-63-62-21-7-12-26-69(62)73(70(63)46-54)67-24-10-5-19-60(67)61-20-6-11-25-68(61)73/h1-46H. The van der Waals surface area contributed by atoms with Gasteiger partial charge in [0.05, 0.1) is 16.4 Å². The molecule has 0 aliphatic heterocycles. The molecule has 0 saturated heterocycles. The van der Waals surface area contributed by atoms with E-state index in [0.717, 1.165) is 22.7 Å². The zero-order valence-corrected chi connectivity index (χ0v) is 41.0. The third kappa shape index (κ3) is 6.02. The molecule has 0 amide bonds. The van der Waals surface area contributed by atoms with Crippen molar-refractivity contribution in [1.29, 1.82) is 0 Å². The van der Waals surface area contributed by atoms with Crippen molar-refractivity contribution in [2.24, 2.45) is 0 Å². The second-order valence-corrected chi connectivity index (χ2v) is 20.3. The normalized spacial score (nSPS) is 12.9. The molecule has 0 atom stereocenters. The van der Waals surface area contributed by atoms with Gasteiger partial charge in [0, 0.05) is 33.5 Å². The quantitative estimate of drug-likeness (QED) is 0.151. The summed E-state index contributed by atoms with van der Waals surface area (Å²) >= 11 is 0. The molecule has 16 rings (SSSR count). The fourth-order valence-corrected chi connectivity index (χ4v) is 13.4. The third-order valence-electron chi connectivity index (χ3n) is 16.6. The Morgan fingerprint density at radius 1 is 0.240 bits per heavy atom. The van der Waals surface area contributed by atoms with Gasteiger partial charge in [-0.25, -0.2) is 0 Å². The summed E-state index contributed by atoms with van der Waals surface area (Å²) in [5.74, 6) is 0. The van der Waals surface area contributed by atoms with Crippen molar-refractivity contribution in [3.05, 3.63) is 301 Å².